The molecule has 2 aromatic heterocycles. The first-order valence-corrected chi connectivity index (χ1v) is 11.6. The number of thiazole rings is 2. The van der Waals surface area contributed by atoms with Crippen molar-refractivity contribution in [2.75, 3.05) is 0 Å². The van der Waals surface area contributed by atoms with Crippen LogP contribution in [0.1, 0.15) is 13.8 Å². The van der Waals surface area contributed by atoms with Crippen molar-refractivity contribution >= 4 is 55.7 Å². The number of aromatic nitrogens is 2. The van der Waals surface area contributed by atoms with Gasteiger partial charge in [-0.05, 0) is 37.1 Å². The molecule has 2 N–H and O–H groups in total. The normalized spacial score (nSPS) is 18.0. The van der Waals surface area contributed by atoms with Crippen LogP contribution in [-0.4, -0.2) is 43.0 Å². The molecule has 0 fully saturated rings. The third-order valence-corrected chi connectivity index (χ3v) is 5.97. The molecule has 1 radical (unpaired) electrons. The van der Waals surface area contributed by atoms with Crippen molar-refractivity contribution in [1.82, 2.24) is 9.97 Å². The molecule has 0 saturated heterocycles. The Morgan fingerprint density at radius 2 is 1.08 bits per heavy atom. The summed E-state index contributed by atoms with van der Waals surface area (Å²) in [6.45, 7) is 3.19. The van der Waals surface area contributed by atoms with E-state index in [9.17, 15) is 40.0 Å². The first-order valence-electron chi connectivity index (χ1n) is 9.99. The zero-order valence-electron chi connectivity index (χ0n) is 19.5. The Hall–Kier alpha value is -4.59. The summed E-state index contributed by atoms with van der Waals surface area (Å²) in [5, 5.41) is 54.7. The van der Waals surface area contributed by atoms with Gasteiger partial charge in [-0.3, -0.25) is 40.0 Å². The van der Waals surface area contributed by atoms with E-state index in [4.69, 9.17) is 0 Å². The van der Waals surface area contributed by atoms with Crippen molar-refractivity contribution in [1.29, 1.82) is 0 Å². The van der Waals surface area contributed by atoms with Gasteiger partial charge < -0.3 is 30.4 Å². The molecule has 0 bridgehead atoms. The van der Waals surface area contributed by atoms with Crippen LogP contribution in [0.25, 0.3) is 0 Å². The molecule has 0 aromatic carbocycles. The maximum absolute atomic E-state index is 11.1. The van der Waals surface area contributed by atoms with Crippen LogP contribution in [0.3, 0.4) is 0 Å². The summed E-state index contributed by atoms with van der Waals surface area (Å²) >= 11 is 1.52. The molecule has 205 valence electrons. The number of rotatable bonds is 4. The molecule has 0 amide bonds. The average Bonchev–Trinajstić information content (AvgIpc) is 3.48. The predicted octanol–water partition coefficient (Wildman–Crippen LogP) is 1.68. The van der Waals surface area contributed by atoms with Crippen LogP contribution in [0.4, 0.5) is 10.0 Å². The van der Waals surface area contributed by atoms with Gasteiger partial charge in [0.1, 0.15) is 22.9 Å². The molecule has 2 aliphatic rings. The van der Waals surface area contributed by atoms with Gasteiger partial charge in [0.2, 0.25) is 0 Å². The van der Waals surface area contributed by atoms with E-state index in [2.05, 4.69) is 30.4 Å². The van der Waals surface area contributed by atoms with Gasteiger partial charge in [0.05, 0.1) is 9.85 Å². The summed E-state index contributed by atoms with van der Waals surface area (Å²) in [6, 6.07) is 0. The monoisotopic (exact) mass is 617 g/mol. The summed E-state index contributed by atoms with van der Waals surface area (Å²) in [4.78, 5) is 49.6. The smallest absolute Gasteiger partial charge is 0.319 e. The third-order valence-electron chi connectivity index (χ3n) is 4.30. The number of aliphatic hydroxyl groups excluding tert-OH is 2. The van der Waals surface area contributed by atoms with Crippen molar-refractivity contribution in [3.05, 3.63) is 89.2 Å². The first-order chi connectivity index (χ1) is 17.9. The van der Waals surface area contributed by atoms with Crippen LogP contribution in [0.15, 0.2) is 79.8 Å². The Morgan fingerprint density at radius 3 is 1.36 bits per heavy atom. The average molecular weight is 617 g/mol. The van der Waals surface area contributed by atoms with E-state index in [-0.39, 0.29) is 70.9 Å². The van der Waals surface area contributed by atoms with Crippen LogP contribution in [-0.2, 0) is 26.4 Å². The zero-order valence-corrected chi connectivity index (χ0v) is 22.2. The molecule has 0 atom stereocenters. The molecule has 19 heteroatoms. The van der Waals surface area contributed by atoms with Crippen molar-refractivity contribution in [3.63, 3.8) is 0 Å². The van der Waals surface area contributed by atoms with E-state index in [1.165, 1.54) is 12.2 Å². The molecule has 0 unspecified atom stereocenters. The fraction of sp³-hybridized carbons (Fsp3) is 0.100. The summed E-state index contributed by atoms with van der Waals surface area (Å²) in [7, 11) is 0. The minimum atomic E-state index is -0.578. The number of carbonyl (C=O) groups is 2. The number of hydrogen-bond donors (Lipinski definition) is 2. The van der Waals surface area contributed by atoms with Crippen molar-refractivity contribution in [3.8, 4) is 0 Å². The fourth-order valence-electron chi connectivity index (χ4n) is 2.68. The molecule has 0 aliphatic heterocycles. The minimum absolute atomic E-state index is 0. The summed E-state index contributed by atoms with van der Waals surface area (Å²) in [5.41, 5.74) is 1.19. The largest absolute Gasteiger partial charge is 0.506 e. The number of nitrogens with zero attached hydrogens (tertiary/aromatic N) is 8. The van der Waals surface area contributed by atoms with Crippen LogP contribution < -0.4 is 19.6 Å². The van der Waals surface area contributed by atoms with E-state index < -0.39 is 9.85 Å². The number of aliphatic hydroxyl groups is 2. The number of nitro groups is 2. The molecule has 39 heavy (non-hydrogen) atoms. The summed E-state index contributed by atoms with van der Waals surface area (Å²) in [6.07, 6.45) is 6.80. The van der Waals surface area contributed by atoms with Crippen molar-refractivity contribution in [2.24, 2.45) is 20.4 Å². The quantitative estimate of drug-likeness (QED) is 0.286. The summed E-state index contributed by atoms with van der Waals surface area (Å²) in [5.74, 6) is -1.25. The van der Waals surface area contributed by atoms with Crippen LogP contribution in [0.5, 0.6) is 0 Å². The first kappa shape index (κ1) is 30.6. The van der Waals surface area contributed by atoms with Crippen LogP contribution >= 0.6 is 22.7 Å². The molecular weight excluding hydrogens is 603 g/mol. The topological polar surface area (TPSA) is 239 Å². The Labute approximate surface area is 235 Å². The molecule has 0 spiro atoms. The second kappa shape index (κ2) is 13.3. The van der Waals surface area contributed by atoms with E-state index in [1.54, 1.807) is 13.8 Å². The van der Waals surface area contributed by atoms with Gasteiger partial charge in [0.15, 0.2) is 11.6 Å². The van der Waals surface area contributed by atoms with Gasteiger partial charge in [-0.2, -0.15) is 0 Å². The Bertz CT molecular complexity index is 1500. The van der Waals surface area contributed by atoms with Gasteiger partial charge in [0, 0.05) is 50.9 Å². The number of allylic oxidation sites excluding steroid dienone is 6. The number of hydrogen-bond acceptors (Lipinski definition) is 14. The van der Waals surface area contributed by atoms with E-state index in [1.807, 2.05) is 0 Å². The van der Waals surface area contributed by atoms with E-state index in [0.29, 0.717) is 11.1 Å². The minimum Gasteiger partial charge on any atom is -0.506 e. The van der Waals surface area contributed by atoms with Crippen molar-refractivity contribution < 1.29 is 46.4 Å². The maximum atomic E-state index is 11.1. The second-order valence-corrected chi connectivity index (χ2v) is 9.07. The van der Waals surface area contributed by atoms with E-state index in [0.717, 1.165) is 47.2 Å². The second-order valence-electron chi connectivity index (χ2n) is 7.09. The fourth-order valence-corrected chi connectivity index (χ4v) is 3.79. The Morgan fingerprint density at radius 1 is 0.718 bits per heavy atom. The van der Waals surface area contributed by atoms with E-state index >= 15 is 0 Å². The third kappa shape index (κ3) is 8.20. The van der Waals surface area contributed by atoms with Gasteiger partial charge in [-0.15, -0.1) is 0 Å². The predicted molar refractivity (Wildman–Crippen MR) is 134 cm³/mol. The number of carbonyl (C=O) groups excluding carboxylic acids is 2. The van der Waals surface area contributed by atoms with Crippen LogP contribution in [0, 0.1) is 20.2 Å². The molecule has 4 rings (SSSR count). The molecule has 2 heterocycles. The van der Waals surface area contributed by atoms with Gasteiger partial charge in [-0.25, -0.2) is 0 Å². The Kier molecular flexibility index (Phi) is 10.4. The molecule has 0 saturated carbocycles. The maximum Gasteiger partial charge on any atom is 0.319 e. The van der Waals surface area contributed by atoms with Crippen molar-refractivity contribution in [2.45, 2.75) is 13.8 Å². The standard InChI is InChI=1S/2C10H8N4O4S.Co/c2*1-5-2-6(15)3-7(16)9(5)12-13-10-11-4-8(19-10)14(17)18;/h2*2-4H,1H3,(H2,11,13,15,16);/p-2. The molecular formula is C20H14CoN8O8S2-2. The molecule has 2 aliphatic carbocycles. The van der Waals surface area contributed by atoms with Crippen LogP contribution in [0.2, 0.25) is 0 Å². The van der Waals surface area contributed by atoms with Gasteiger partial charge >= 0.3 is 10.0 Å². The number of ketones is 2. The molecule has 16 nitrogen and oxygen atoms in total. The Balaban J connectivity index is 0.000000267. The SMILES string of the molecule is CC1=CC(=O)C=C(O)/C1=N/N=c1\[n-]cc([N+](=O)[O-])s1.CC1=CC(=O)C=C(O)/C1=N/N=c1\[n-]cc([N+](=O)[O-])s1.[Co]. The van der Waals surface area contributed by atoms with Gasteiger partial charge in [-0.1, -0.05) is 22.7 Å². The molecule has 2 aromatic rings. The zero-order chi connectivity index (χ0) is 28.0. The summed E-state index contributed by atoms with van der Waals surface area (Å²) < 4.78 is 0. The van der Waals surface area contributed by atoms with Gasteiger partial charge in [0.25, 0.3) is 0 Å².